The predicted octanol–water partition coefficient (Wildman–Crippen LogP) is 6.89. The summed E-state index contributed by atoms with van der Waals surface area (Å²) in [4.78, 5) is 25.5. The Balaban J connectivity index is 1.63. The summed E-state index contributed by atoms with van der Waals surface area (Å²) in [7, 11) is 0. The summed E-state index contributed by atoms with van der Waals surface area (Å²) in [5, 5.41) is 4.24. The van der Waals surface area contributed by atoms with Crippen molar-refractivity contribution >= 4 is 33.3 Å². The number of ketones is 1. The van der Waals surface area contributed by atoms with Crippen molar-refractivity contribution in [2.45, 2.75) is 26.0 Å². The lowest BCUT2D eigenvalue weighted by Gasteiger charge is -2.24. The number of aromatic nitrogens is 1. The zero-order valence-corrected chi connectivity index (χ0v) is 19.1. The molecule has 0 bridgehead atoms. The van der Waals surface area contributed by atoms with Gasteiger partial charge in [0.25, 0.3) is 0 Å². The van der Waals surface area contributed by atoms with Crippen LogP contribution in [0.25, 0.3) is 21.5 Å². The van der Waals surface area contributed by atoms with Crippen molar-refractivity contribution in [1.29, 1.82) is 0 Å². The number of ether oxygens (including phenoxy) is 1. The third-order valence-electron chi connectivity index (χ3n) is 6.34. The fourth-order valence-corrected chi connectivity index (χ4v) is 4.61. The van der Waals surface area contributed by atoms with Gasteiger partial charge in [-0.3, -0.25) is 4.79 Å². The van der Waals surface area contributed by atoms with Gasteiger partial charge < -0.3 is 9.30 Å². The van der Waals surface area contributed by atoms with Gasteiger partial charge in [-0.1, -0.05) is 84.9 Å². The summed E-state index contributed by atoms with van der Waals surface area (Å²) in [6, 6.07) is 31.2. The zero-order chi connectivity index (χ0) is 23.7. The van der Waals surface area contributed by atoms with Crippen LogP contribution in [-0.4, -0.2) is 16.3 Å². The van der Waals surface area contributed by atoms with E-state index in [1.807, 2.05) is 48.5 Å². The maximum absolute atomic E-state index is 13.5. The Morgan fingerprint density at radius 1 is 0.706 bits per heavy atom. The van der Waals surface area contributed by atoms with Crippen molar-refractivity contribution < 1.29 is 14.3 Å². The fourth-order valence-electron chi connectivity index (χ4n) is 4.61. The van der Waals surface area contributed by atoms with Crippen molar-refractivity contribution in [2.24, 2.45) is 0 Å². The molecule has 4 heteroatoms. The molecule has 1 heterocycles. The molecule has 0 aliphatic rings. The Bertz CT molecular complexity index is 1420. The Morgan fingerprint density at radius 3 is 1.79 bits per heavy atom. The van der Waals surface area contributed by atoms with Gasteiger partial charge in [-0.05, 0) is 40.6 Å². The second-order valence-electron chi connectivity index (χ2n) is 8.49. The van der Waals surface area contributed by atoms with Gasteiger partial charge in [0, 0.05) is 24.2 Å². The highest BCUT2D eigenvalue weighted by Gasteiger charge is 2.27. The van der Waals surface area contributed by atoms with Gasteiger partial charge in [-0.2, -0.15) is 0 Å². The molecule has 0 saturated carbocycles. The molecule has 0 spiro atoms. The number of rotatable bonds is 6. The van der Waals surface area contributed by atoms with E-state index in [1.54, 1.807) is 29.8 Å². The summed E-state index contributed by atoms with van der Waals surface area (Å²) in [6.07, 6.45) is 1.14. The summed E-state index contributed by atoms with van der Waals surface area (Å²) >= 11 is 0. The molecule has 0 saturated heterocycles. The molecule has 4 nitrogen and oxygen atoms in total. The van der Waals surface area contributed by atoms with Crippen molar-refractivity contribution in [1.82, 2.24) is 4.57 Å². The summed E-state index contributed by atoms with van der Waals surface area (Å²) < 4.78 is 7.96. The molecule has 4 aromatic carbocycles. The average molecular weight is 448 g/mol. The van der Waals surface area contributed by atoms with E-state index < -0.39 is 18.1 Å². The second kappa shape index (κ2) is 8.99. The molecule has 0 unspecified atom stereocenters. The Kier molecular flexibility index (Phi) is 5.72. The first-order valence-electron chi connectivity index (χ1n) is 11.4. The Morgan fingerprint density at radius 2 is 1.24 bits per heavy atom. The van der Waals surface area contributed by atoms with E-state index in [0.29, 0.717) is 5.69 Å². The maximum atomic E-state index is 13.5. The lowest BCUT2D eigenvalue weighted by atomic mass is 9.92. The molecule has 34 heavy (non-hydrogen) atoms. The molecule has 168 valence electrons. The molecule has 0 radical (unpaired) electrons. The lowest BCUT2D eigenvalue weighted by molar-refractivity contribution is -0.151. The largest absolute Gasteiger partial charge is 0.451 e. The number of carbonyl (C=O) groups is 2. The van der Waals surface area contributed by atoms with Crippen LogP contribution in [0.2, 0.25) is 0 Å². The van der Waals surface area contributed by atoms with E-state index in [0.717, 1.165) is 32.7 Å². The first-order chi connectivity index (χ1) is 16.5. The van der Waals surface area contributed by atoms with Gasteiger partial charge in [0.1, 0.15) is 6.04 Å². The molecule has 0 N–H and O–H groups in total. The molecular formula is C30H25NO3. The number of hydrogen-bond donors (Lipinski definition) is 0. The molecule has 1 atom stereocenters. The van der Waals surface area contributed by atoms with Crippen LogP contribution >= 0.6 is 0 Å². The van der Waals surface area contributed by atoms with Crippen LogP contribution in [0.5, 0.6) is 0 Å². The molecule has 0 aliphatic carbocycles. The van der Waals surface area contributed by atoms with E-state index in [1.165, 1.54) is 6.92 Å². The normalized spacial score (nSPS) is 12.2. The standard InChI is InChI=1S/C30H25NO3/c1-20(31-19-9-18-28(31)21(2)32)30(33)34-29(26-16-7-12-22-10-3-5-14-24(22)26)27-17-8-13-23-11-4-6-15-25(23)27/h3-20,29H,1-2H3/t20-/m0/s1. The number of nitrogens with zero attached hydrogens (tertiary/aromatic N) is 1. The van der Waals surface area contributed by atoms with Gasteiger partial charge in [-0.15, -0.1) is 0 Å². The molecule has 0 aliphatic heterocycles. The number of carbonyl (C=O) groups excluding carboxylic acids is 2. The maximum Gasteiger partial charge on any atom is 0.329 e. The van der Waals surface area contributed by atoms with Gasteiger partial charge in [0.2, 0.25) is 0 Å². The predicted molar refractivity (Wildman–Crippen MR) is 135 cm³/mol. The summed E-state index contributed by atoms with van der Waals surface area (Å²) in [5.41, 5.74) is 2.33. The lowest BCUT2D eigenvalue weighted by Crippen LogP contribution is -2.24. The van der Waals surface area contributed by atoms with Crippen molar-refractivity contribution in [3.05, 3.63) is 120 Å². The SMILES string of the molecule is CC(=O)c1cccn1[C@@H](C)C(=O)OC(c1cccc2ccccc12)c1cccc2ccccc12. The van der Waals surface area contributed by atoms with Crippen LogP contribution in [0.1, 0.15) is 47.6 Å². The average Bonchev–Trinajstić information content (AvgIpc) is 3.37. The van der Waals surface area contributed by atoms with Crippen LogP contribution in [0, 0.1) is 0 Å². The number of benzene rings is 4. The van der Waals surface area contributed by atoms with Crippen molar-refractivity contribution in [3.8, 4) is 0 Å². The zero-order valence-electron chi connectivity index (χ0n) is 19.1. The van der Waals surface area contributed by atoms with E-state index >= 15 is 0 Å². The van der Waals surface area contributed by atoms with Gasteiger partial charge >= 0.3 is 5.97 Å². The van der Waals surface area contributed by atoms with Crippen LogP contribution in [0.15, 0.2) is 103 Å². The quantitative estimate of drug-likeness (QED) is 0.210. The van der Waals surface area contributed by atoms with Crippen LogP contribution < -0.4 is 0 Å². The van der Waals surface area contributed by atoms with Crippen molar-refractivity contribution in [2.75, 3.05) is 0 Å². The minimum atomic E-state index is -0.652. The minimum absolute atomic E-state index is 0.0932. The van der Waals surface area contributed by atoms with E-state index in [-0.39, 0.29) is 5.78 Å². The third kappa shape index (κ3) is 3.88. The molecular weight excluding hydrogens is 422 g/mol. The van der Waals surface area contributed by atoms with Crippen LogP contribution in [0.3, 0.4) is 0 Å². The third-order valence-corrected chi connectivity index (χ3v) is 6.34. The molecule has 5 aromatic rings. The van der Waals surface area contributed by atoms with Gasteiger partial charge in [0.15, 0.2) is 11.9 Å². The topological polar surface area (TPSA) is 48.3 Å². The number of fused-ring (bicyclic) bond motifs is 2. The summed E-state index contributed by atoms with van der Waals surface area (Å²) in [6.45, 7) is 3.26. The van der Waals surface area contributed by atoms with E-state index in [9.17, 15) is 9.59 Å². The van der Waals surface area contributed by atoms with Crippen LogP contribution in [-0.2, 0) is 9.53 Å². The highest BCUT2D eigenvalue weighted by molar-refractivity contribution is 5.93. The number of esters is 1. The number of Topliss-reactive ketones (excluding diaryl/α,β-unsaturated/α-hetero) is 1. The minimum Gasteiger partial charge on any atom is -0.451 e. The monoisotopic (exact) mass is 447 g/mol. The molecule has 1 aromatic heterocycles. The van der Waals surface area contributed by atoms with Gasteiger partial charge in [0.05, 0.1) is 5.69 Å². The van der Waals surface area contributed by atoms with E-state index in [2.05, 4.69) is 36.4 Å². The molecule has 0 amide bonds. The first kappa shape index (κ1) is 21.7. The van der Waals surface area contributed by atoms with E-state index in [4.69, 9.17) is 4.74 Å². The fraction of sp³-hybridized carbons (Fsp3) is 0.133. The first-order valence-corrected chi connectivity index (χ1v) is 11.4. The molecule has 5 rings (SSSR count). The smallest absolute Gasteiger partial charge is 0.329 e. The van der Waals surface area contributed by atoms with Crippen molar-refractivity contribution in [3.63, 3.8) is 0 Å². The number of hydrogen-bond acceptors (Lipinski definition) is 3. The van der Waals surface area contributed by atoms with Gasteiger partial charge in [-0.25, -0.2) is 4.79 Å². The Hall–Kier alpha value is -4.18. The summed E-state index contributed by atoms with van der Waals surface area (Å²) in [5.74, 6) is -0.492. The highest BCUT2D eigenvalue weighted by atomic mass is 16.5. The second-order valence-corrected chi connectivity index (χ2v) is 8.49. The van der Waals surface area contributed by atoms with Crippen LogP contribution in [0.4, 0.5) is 0 Å². The highest BCUT2D eigenvalue weighted by Crippen LogP contribution is 2.36. The Labute approximate surface area is 198 Å². The molecule has 0 fully saturated rings.